The number of halogens is 1. The van der Waals surface area contributed by atoms with Gasteiger partial charge in [-0.3, -0.25) is 4.79 Å². The van der Waals surface area contributed by atoms with Gasteiger partial charge in [-0.15, -0.1) is 0 Å². The van der Waals surface area contributed by atoms with E-state index in [9.17, 15) is 4.79 Å². The fraction of sp³-hybridized carbons (Fsp3) is 0. The highest BCUT2D eigenvalue weighted by molar-refractivity contribution is 6.35. The quantitative estimate of drug-likeness (QED) is 0.336. The predicted octanol–water partition coefficient (Wildman–Crippen LogP) is 5.90. The molecular formula is C22H14ClNO2. The minimum Gasteiger partial charge on any atom is -0.436 e. The van der Waals surface area contributed by atoms with E-state index in [1.165, 1.54) is 0 Å². The van der Waals surface area contributed by atoms with Crippen molar-refractivity contribution in [3.63, 3.8) is 0 Å². The van der Waals surface area contributed by atoms with Gasteiger partial charge in [-0.05, 0) is 29.8 Å². The molecule has 3 aromatic carbocycles. The van der Waals surface area contributed by atoms with E-state index >= 15 is 0 Å². The first-order chi connectivity index (χ1) is 12.7. The molecule has 1 heterocycles. The SMILES string of the molecule is O=C(/C(=C\c1ccccc1Cl)c1nc2ccccc2o1)c1ccccc1. The van der Waals surface area contributed by atoms with Gasteiger partial charge in [-0.2, -0.15) is 0 Å². The van der Waals surface area contributed by atoms with Crippen molar-refractivity contribution < 1.29 is 9.21 Å². The first-order valence-corrected chi connectivity index (χ1v) is 8.52. The van der Waals surface area contributed by atoms with Crippen molar-refractivity contribution in [3.05, 3.63) is 101 Å². The molecule has 4 aromatic rings. The second kappa shape index (κ2) is 6.98. The largest absolute Gasteiger partial charge is 0.436 e. The monoisotopic (exact) mass is 359 g/mol. The van der Waals surface area contributed by atoms with Crippen LogP contribution in [0.25, 0.3) is 22.7 Å². The van der Waals surface area contributed by atoms with Crippen molar-refractivity contribution in [2.24, 2.45) is 0 Å². The minimum atomic E-state index is -0.169. The van der Waals surface area contributed by atoms with Gasteiger partial charge in [0.15, 0.2) is 11.4 Å². The van der Waals surface area contributed by atoms with Crippen LogP contribution >= 0.6 is 11.6 Å². The molecule has 0 aliphatic rings. The fourth-order valence-electron chi connectivity index (χ4n) is 2.70. The zero-order valence-electron chi connectivity index (χ0n) is 13.7. The highest BCUT2D eigenvalue weighted by Crippen LogP contribution is 2.28. The average Bonchev–Trinajstić information content (AvgIpc) is 3.11. The fourth-order valence-corrected chi connectivity index (χ4v) is 2.89. The van der Waals surface area contributed by atoms with Crippen LogP contribution in [0.3, 0.4) is 0 Å². The predicted molar refractivity (Wildman–Crippen MR) is 104 cm³/mol. The van der Waals surface area contributed by atoms with Gasteiger partial charge in [-0.1, -0.05) is 72.3 Å². The van der Waals surface area contributed by atoms with Crippen LogP contribution in [0.1, 0.15) is 21.8 Å². The molecular weight excluding hydrogens is 346 g/mol. The van der Waals surface area contributed by atoms with E-state index in [1.807, 2.05) is 60.7 Å². The molecule has 0 aliphatic heterocycles. The number of carbonyl (C=O) groups excluding carboxylic acids is 1. The van der Waals surface area contributed by atoms with Gasteiger partial charge in [0, 0.05) is 10.6 Å². The number of carbonyl (C=O) groups is 1. The molecule has 26 heavy (non-hydrogen) atoms. The molecule has 0 saturated carbocycles. The highest BCUT2D eigenvalue weighted by atomic mass is 35.5. The first kappa shape index (κ1) is 16.3. The van der Waals surface area contributed by atoms with E-state index in [2.05, 4.69) is 4.98 Å². The molecule has 4 heteroatoms. The van der Waals surface area contributed by atoms with E-state index in [0.717, 1.165) is 5.56 Å². The van der Waals surface area contributed by atoms with Crippen LogP contribution in [0.2, 0.25) is 5.02 Å². The van der Waals surface area contributed by atoms with E-state index in [-0.39, 0.29) is 11.7 Å². The maximum atomic E-state index is 13.1. The number of hydrogen-bond donors (Lipinski definition) is 0. The summed E-state index contributed by atoms with van der Waals surface area (Å²) in [6, 6.07) is 23.8. The third-order valence-corrected chi connectivity index (χ3v) is 4.35. The highest BCUT2D eigenvalue weighted by Gasteiger charge is 2.20. The summed E-state index contributed by atoms with van der Waals surface area (Å²) >= 11 is 6.28. The summed E-state index contributed by atoms with van der Waals surface area (Å²) in [5.41, 5.74) is 2.99. The van der Waals surface area contributed by atoms with Gasteiger partial charge in [0.1, 0.15) is 5.52 Å². The number of allylic oxidation sites excluding steroid dienone is 1. The van der Waals surface area contributed by atoms with Gasteiger partial charge in [-0.25, -0.2) is 4.98 Å². The topological polar surface area (TPSA) is 43.1 Å². The molecule has 0 radical (unpaired) electrons. The van der Waals surface area contributed by atoms with Crippen molar-refractivity contribution >= 4 is 40.1 Å². The molecule has 0 spiro atoms. The molecule has 0 fully saturated rings. The molecule has 0 N–H and O–H groups in total. The summed E-state index contributed by atoms with van der Waals surface area (Å²) in [7, 11) is 0. The van der Waals surface area contributed by atoms with Crippen LogP contribution in [0, 0.1) is 0 Å². The standard InChI is InChI=1S/C22H14ClNO2/c23-18-11-5-4-10-16(18)14-17(21(25)15-8-2-1-3-9-15)22-24-19-12-6-7-13-20(19)26-22/h1-14H/b17-14+. The zero-order chi connectivity index (χ0) is 17.9. The lowest BCUT2D eigenvalue weighted by Crippen LogP contribution is -2.03. The molecule has 0 bridgehead atoms. The summed E-state index contributed by atoms with van der Waals surface area (Å²) in [5.74, 6) is 0.108. The number of para-hydroxylation sites is 2. The van der Waals surface area contributed by atoms with Crippen LogP contribution in [0.5, 0.6) is 0 Å². The lowest BCUT2D eigenvalue weighted by Gasteiger charge is -2.05. The molecule has 0 amide bonds. The first-order valence-electron chi connectivity index (χ1n) is 8.14. The Bertz CT molecular complexity index is 1080. The maximum absolute atomic E-state index is 13.1. The van der Waals surface area contributed by atoms with Crippen molar-refractivity contribution in [3.8, 4) is 0 Å². The molecule has 3 nitrogen and oxygen atoms in total. The summed E-state index contributed by atoms with van der Waals surface area (Å²) in [4.78, 5) is 17.6. The maximum Gasteiger partial charge on any atom is 0.231 e. The number of oxazole rings is 1. The molecule has 0 saturated heterocycles. The van der Waals surface area contributed by atoms with E-state index < -0.39 is 0 Å². The third-order valence-electron chi connectivity index (χ3n) is 4.01. The number of ketones is 1. The van der Waals surface area contributed by atoms with Crippen LogP contribution in [0.15, 0.2) is 83.3 Å². The molecule has 4 rings (SSSR count). The number of fused-ring (bicyclic) bond motifs is 1. The lowest BCUT2D eigenvalue weighted by molar-refractivity contribution is 0.105. The third kappa shape index (κ3) is 3.17. The average molecular weight is 360 g/mol. The van der Waals surface area contributed by atoms with E-state index in [0.29, 0.717) is 27.3 Å². The van der Waals surface area contributed by atoms with Gasteiger partial charge >= 0.3 is 0 Å². The van der Waals surface area contributed by atoms with Crippen molar-refractivity contribution in [2.75, 3.05) is 0 Å². The molecule has 0 aliphatic carbocycles. The molecule has 126 valence electrons. The molecule has 0 atom stereocenters. The van der Waals surface area contributed by atoms with Crippen LogP contribution in [-0.4, -0.2) is 10.8 Å². The Morgan fingerprint density at radius 1 is 0.885 bits per heavy atom. The van der Waals surface area contributed by atoms with Gasteiger partial charge in [0.25, 0.3) is 0 Å². The van der Waals surface area contributed by atoms with Gasteiger partial charge < -0.3 is 4.42 Å². The van der Waals surface area contributed by atoms with E-state index in [1.54, 1.807) is 24.3 Å². The second-order valence-corrected chi connectivity index (χ2v) is 6.17. The number of rotatable bonds is 4. The van der Waals surface area contributed by atoms with Gasteiger partial charge in [0.05, 0.1) is 5.57 Å². The van der Waals surface area contributed by atoms with Crippen LogP contribution in [0.4, 0.5) is 0 Å². The Labute approximate surface area is 155 Å². The van der Waals surface area contributed by atoms with Crippen molar-refractivity contribution in [1.82, 2.24) is 4.98 Å². The number of benzene rings is 3. The smallest absolute Gasteiger partial charge is 0.231 e. The summed E-state index contributed by atoms with van der Waals surface area (Å²) in [5, 5.41) is 0.557. The summed E-state index contributed by atoms with van der Waals surface area (Å²) in [6.07, 6.45) is 1.72. The second-order valence-electron chi connectivity index (χ2n) is 5.76. The number of nitrogens with zero attached hydrogens (tertiary/aromatic N) is 1. The Kier molecular flexibility index (Phi) is 4.38. The normalized spacial score (nSPS) is 11.7. The number of aromatic nitrogens is 1. The van der Waals surface area contributed by atoms with Crippen LogP contribution < -0.4 is 0 Å². The zero-order valence-corrected chi connectivity index (χ0v) is 14.5. The lowest BCUT2D eigenvalue weighted by atomic mass is 10.0. The Morgan fingerprint density at radius 3 is 2.35 bits per heavy atom. The Hall–Kier alpha value is -3.17. The Morgan fingerprint density at radius 2 is 1.58 bits per heavy atom. The van der Waals surface area contributed by atoms with Gasteiger partial charge in [0.2, 0.25) is 5.89 Å². The van der Waals surface area contributed by atoms with Crippen molar-refractivity contribution in [1.29, 1.82) is 0 Å². The molecule has 0 unspecified atom stereocenters. The number of hydrogen-bond acceptors (Lipinski definition) is 3. The molecule has 1 aromatic heterocycles. The minimum absolute atomic E-state index is 0.169. The number of Topliss-reactive ketones (excluding diaryl/α,β-unsaturated/α-hetero) is 1. The summed E-state index contributed by atoms with van der Waals surface area (Å²) < 4.78 is 5.84. The Balaban J connectivity index is 1.89. The van der Waals surface area contributed by atoms with E-state index in [4.69, 9.17) is 16.0 Å². The van der Waals surface area contributed by atoms with Crippen LogP contribution in [-0.2, 0) is 0 Å². The summed E-state index contributed by atoms with van der Waals surface area (Å²) in [6.45, 7) is 0. The van der Waals surface area contributed by atoms with Crippen molar-refractivity contribution in [2.45, 2.75) is 0 Å².